The minimum atomic E-state index is -2.15. The molecule has 0 bridgehead atoms. The van der Waals surface area contributed by atoms with Crippen molar-refractivity contribution in [2.24, 2.45) is 0 Å². The smallest absolute Gasteiger partial charge is 0.169 e. The summed E-state index contributed by atoms with van der Waals surface area (Å²) < 4.78 is 46.2. The molecule has 1 fully saturated rings. The van der Waals surface area contributed by atoms with Crippen molar-refractivity contribution < 1.29 is 18.3 Å². The SMILES string of the molecule is C=Cc1c(C(OC2CCCCO2)c2ccc(F)c(C(=N)SC)c2)c(F)cc2c1ccn2[Si](C(C)C)(C(C)C)C(C)C.I. The lowest BCUT2D eigenvalue weighted by molar-refractivity contribution is -0.181. The number of benzene rings is 2. The second kappa shape index (κ2) is 14.5. The van der Waals surface area contributed by atoms with E-state index in [0.717, 1.165) is 35.5 Å². The number of nitrogens with one attached hydrogen (secondary N) is 1. The largest absolute Gasteiger partial charge is 0.373 e. The van der Waals surface area contributed by atoms with E-state index >= 15 is 4.39 Å². The van der Waals surface area contributed by atoms with Crippen LogP contribution in [0.25, 0.3) is 17.0 Å². The van der Waals surface area contributed by atoms with Crippen molar-refractivity contribution in [1.29, 1.82) is 5.41 Å². The van der Waals surface area contributed by atoms with Gasteiger partial charge >= 0.3 is 0 Å². The number of nitrogens with zero attached hydrogens (tertiary/aromatic N) is 1. The molecule has 4 rings (SSSR count). The molecule has 4 nitrogen and oxygen atoms in total. The van der Waals surface area contributed by atoms with Crippen LogP contribution in [0, 0.1) is 17.0 Å². The van der Waals surface area contributed by atoms with Crippen molar-refractivity contribution in [2.45, 2.75) is 89.8 Å². The fraction of sp³-hybridized carbons (Fsp3) is 0.485. The molecular formula is C33H45F2IN2O2SSi. The van der Waals surface area contributed by atoms with Crippen LogP contribution in [0.15, 0.2) is 43.1 Å². The maximum Gasteiger partial charge on any atom is 0.169 e. The summed E-state index contributed by atoms with van der Waals surface area (Å²) in [5, 5.41) is 9.30. The Morgan fingerprint density at radius 2 is 1.74 bits per heavy atom. The molecule has 2 unspecified atom stereocenters. The van der Waals surface area contributed by atoms with Crippen molar-refractivity contribution in [3.63, 3.8) is 0 Å². The maximum absolute atomic E-state index is 16.6. The number of fused-ring (bicyclic) bond motifs is 1. The van der Waals surface area contributed by atoms with Gasteiger partial charge in [-0.15, -0.1) is 35.7 Å². The van der Waals surface area contributed by atoms with Crippen molar-refractivity contribution in [2.75, 3.05) is 12.9 Å². The third kappa shape index (κ3) is 6.32. The van der Waals surface area contributed by atoms with E-state index in [1.54, 1.807) is 30.5 Å². The average Bonchev–Trinajstić information content (AvgIpc) is 3.34. The Bertz CT molecular complexity index is 1400. The molecule has 9 heteroatoms. The topological polar surface area (TPSA) is 47.2 Å². The number of aromatic nitrogens is 1. The summed E-state index contributed by atoms with van der Waals surface area (Å²) in [7, 11) is -2.15. The van der Waals surface area contributed by atoms with E-state index in [9.17, 15) is 4.39 Å². The van der Waals surface area contributed by atoms with E-state index in [2.05, 4.69) is 64.6 Å². The second-order valence-corrected chi connectivity index (χ2v) is 18.5. The Labute approximate surface area is 272 Å². The Morgan fingerprint density at radius 1 is 1.07 bits per heavy atom. The number of hydrogen-bond acceptors (Lipinski definition) is 4. The molecule has 0 saturated carbocycles. The first kappa shape index (κ1) is 35.0. The third-order valence-electron chi connectivity index (χ3n) is 8.85. The zero-order valence-corrected chi connectivity index (χ0v) is 29.9. The molecule has 1 saturated heterocycles. The average molecular weight is 727 g/mol. The number of halogens is 3. The van der Waals surface area contributed by atoms with E-state index < -0.39 is 32.3 Å². The maximum atomic E-state index is 16.6. The van der Waals surface area contributed by atoms with E-state index in [1.165, 1.54) is 6.07 Å². The van der Waals surface area contributed by atoms with Gasteiger partial charge in [0.25, 0.3) is 0 Å². The van der Waals surface area contributed by atoms with Crippen LogP contribution in [-0.4, -0.2) is 36.7 Å². The van der Waals surface area contributed by atoms with E-state index in [1.807, 2.05) is 0 Å². The van der Waals surface area contributed by atoms with Gasteiger partial charge in [0, 0.05) is 28.6 Å². The van der Waals surface area contributed by atoms with Crippen LogP contribution in [-0.2, 0) is 9.47 Å². The van der Waals surface area contributed by atoms with Gasteiger partial charge in [-0.1, -0.05) is 60.3 Å². The first-order chi connectivity index (χ1) is 19.5. The fourth-order valence-corrected chi connectivity index (χ4v) is 14.2. The molecule has 0 amide bonds. The third-order valence-corrected chi connectivity index (χ3v) is 16.3. The van der Waals surface area contributed by atoms with Gasteiger partial charge in [-0.05, 0) is 83.7 Å². The summed E-state index contributed by atoms with van der Waals surface area (Å²) in [5.74, 6) is -0.881. The number of hydrogen-bond donors (Lipinski definition) is 1. The van der Waals surface area contributed by atoms with E-state index in [4.69, 9.17) is 14.9 Å². The van der Waals surface area contributed by atoms with Crippen LogP contribution >= 0.6 is 35.7 Å². The van der Waals surface area contributed by atoms with Gasteiger partial charge in [-0.25, -0.2) is 8.78 Å². The Balaban J connectivity index is 0.00000484. The molecule has 0 aliphatic carbocycles. The molecule has 1 aromatic heterocycles. The van der Waals surface area contributed by atoms with Crippen molar-refractivity contribution in [3.05, 3.63) is 77.0 Å². The summed E-state index contributed by atoms with van der Waals surface area (Å²) in [6.45, 7) is 18.5. The highest BCUT2D eigenvalue weighted by Gasteiger charge is 2.46. The lowest BCUT2D eigenvalue weighted by atomic mass is 9.92. The molecule has 2 heterocycles. The lowest BCUT2D eigenvalue weighted by Crippen LogP contribution is -2.51. The molecule has 230 valence electrons. The van der Waals surface area contributed by atoms with Crippen molar-refractivity contribution >= 4 is 66.0 Å². The summed E-state index contributed by atoms with van der Waals surface area (Å²) in [4.78, 5) is 0. The highest BCUT2D eigenvalue weighted by atomic mass is 127. The minimum Gasteiger partial charge on any atom is -0.373 e. The van der Waals surface area contributed by atoms with Gasteiger partial charge in [0.2, 0.25) is 0 Å². The quantitative estimate of drug-likeness (QED) is 0.0980. The lowest BCUT2D eigenvalue weighted by Gasteiger charge is -2.44. The predicted octanol–water partition coefficient (Wildman–Crippen LogP) is 10.5. The van der Waals surface area contributed by atoms with Crippen LogP contribution in [0.5, 0.6) is 0 Å². The van der Waals surface area contributed by atoms with Gasteiger partial charge in [-0.2, -0.15) is 0 Å². The standard InChI is InChI=1S/C33H44F2N2O2SSi.HI/c1-9-24-25-15-16-37(41(20(2)3,21(4)5)22(6)7)29(25)19-28(35)31(24)32(39-30-12-10-11-17-38-30)23-13-14-27(34)26(18-23)33(36)40-8;/h9,13-16,18-22,30,32,36H,1,10-12,17H2,2-8H3;1H. The van der Waals surface area contributed by atoms with Gasteiger partial charge in [0.15, 0.2) is 14.5 Å². The van der Waals surface area contributed by atoms with Gasteiger partial charge in [-0.3, -0.25) is 5.41 Å². The van der Waals surface area contributed by atoms with Crippen molar-refractivity contribution in [1.82, 2.24) is 4.23 Å². The summed E-state index contributed by atoms with van der Waals surface area (Å²) in [6.07, 6.45) is 6.81. The fourth-order valence-electron chi connectivity index (χ4n) is 7.22. The van der Waals surface area contributed by atoms with Gasteiger partial charge in [0.05, 0.1) is 5.04 Å². The molecule has 1 aliphatic rings. The van der Waals surface area contributed by atoms with Crippen LogP contribution < -0.4 is 0 Å². The van der Waals surface area contributed by atoms with Gasteiger partial charge < -0.3 is 13.7 Å². The predicted molar refractivity (Wildman–Crippen MR) is 187 cm³/mol. The first-order valence-electron chi connectivity index (χ1n) is 14.6. The molecule has 2 aromatic carbocycles. The normalized spacial score (nSPS) is 16.7. The Hall–Kier alpha value is -1.53. The zero-order valence-electron chi connectivity index (χ0n) is 25.8. The Morgan fingerprint density at radius 3 is 2.29 bits per heavy atom. The summed E-state index contributed by atoms with van der Waals surface area (Å²) >= 11 is 1.16. The monoisotopic (exact) mass is 726 g/mol. The van der Waals surface area contributed by atoms with Crippen LogP contribution in [0.4, 0.5) is 8.78 Å². The molecule has 1 aliphatic heterocycles. The van der Waals surface area contributed by atoms with Gasteiger partial charge in [0.1, 0.15) is 17.7 Å². The number of rotatable bonds is 10. The van der Waals surface area contributed by atoms with E-state index in [0.29, 0.717) is 46.3 Å². The molecular weight excluding hydrogens is 681 g/mol. The number of thioether (sulfide) groups is 1. The second-order valence-electron chi connectivity index (χ2n) is 11.9. The molecule has 2 atom stereocenters. The Kier molecular flexibility index (Phi) is 12.1. The summed E-state index contributed by atoms with van der Waals surface area (Å²) in [5.41, 5.74) is 3.97. The highest BCUT2D eigenvalue weighted by molar-refractivity contribution is 14.0. The van der Waals surface area contributed by atoms with Crippen LogP contribution in [0.1, 0.15) is 89.2 Å². The minimum absolute atomic E-state index is 0. The van der Waals surface area contributed by atoms with Crippen LogP contribution in [0.3, 0.4) is 0 Å². The van der Waals surface area contributed by atoms with Crippen LogP contribution in [0.2, 0.25) is 16.6 Å². The molecule has 1 N–H and O–H groups in total. The molecule has 0 spiro atoms. The van der Waals surface area contributed by atoms with E-state index in [-0.39, 0.29) is 34.6 Å². The summed E-state index contributed by atoms with van der Waals surface area (Å²) in [6, 6.07) is 8.30. The van der Waals surface area contributed by atoms with Crippen molar-refractivity contribution in [3.8, 4) is 0 Å². The molecule has 42 heavy (non-hydrogen) atoms. The zero-order chi connectivity index (χ0) is 30.1. The first-order valence-corrected chi connectivity index (χ1v) is 18.0. The molecule has 3 aromatic rings. The number of ether oxygens (including phenoxy) is 2. The molecule has 0 radical (unpaired) electrons. The highest BCUT2D eigenvalue weighted by Crippen LogP contribution is 2.46.